The van der Waals surface area contributed by atoms with Gasteiger partial charge in [0.15, 0.2) is 0 Å². The van der Waals surface area contributed by atoms with Crippen LogP contribution in [0.15, 0.2) is 0 Å². The summed E-state index contributed by atoms with van der Waals surface area (Å²) >= 11 is 0. The fourth-order valence-corrected chi connectivity index (χ4v) is 1.26. The SMILES string of the molecule is F.F.NCCCCC(N)C(=O)O.NCCCCC(N)C(=O)O. The van der Waals surface area contributed by atoms with Gasteiger partial charge in [0.25, 0.3) is 0 Å². The zero-order valence-corrected chi connectivity index (χ0v) is 12.6. The third kappa shape index (κ3) is 20.9. The number of rotatable bonds is 10. The molecule has 0 saturated carbocycles. The normalized spacial score (nSPS) is 11.8. The van der Waals surface area contributed by atoms with Crippen molar-refractivity contribution in [1.82, 2.24) is 0 Å². The van der Waals surface area contributed by atoms with Crippen LogP contribution >= 0.6 is 0 Å². The van der Waals surface area contributed by atoms with Gasteiger partial charge in [0.05, 0.1) is 0 Å². The third-order valence-corrected chi connectivity index (χ3v) is 2.57. The van der Waals surface area contributed by atoms with E-state index in [-0.39, 0.29) is 9.41 Å². The Labute approximate surface area is 128 Å². The van der Waals surface area contributed by atoms with Crippen molar-refractivity contribution in [3.63, 3.8) is 0 Å². The molecule has 0 aromatic rings. The summed E-state index contributed by atoms with van der Waals surface area (Å²) in [7, 11) is 0. The van der Waals surface area contributed by atoms with Crippen molar-refractivity contribution < 1.29 is 29.2 Å². The Kier molecular flexibility index (Phi) is 25.7. The van der Waals surface area contributed by atoms with Crippen molar-refractivity contribution in [2.24, 2.45) is 22.9 Å². The molecule has 0 amide bonds. The predicted molar refractivity (Wildman–Crippen MR) is 82.0 cm³/mol. The largest absolute Gasteiger partial charge is 0.480 e. The Bertz CT molecular complexity index is 248. The molecule has 0 spiro atoms. The predicted octanol–water partition coefficient (Wildman–Crippen LogP) is -0.640. The first kappa shape index (κ1) is 28.8. The van der Waals surface area contributed by atoms with Crippen molar-refractivity contribution in [2.45, 2.75) is 50.6 Å². The molecule has 2 unspecified atom stereocenters. The van der Waals surface area contributed by atoms with Crippen LogP contribution in [0.2, 0.25) is 0 Å². The third-order valence-electron chi connectivity index (χ3n) is 2.57. The van der Waals surface area contributed by atoms with Crippen LogP contribution in [0.4, 0.5) is 9.41 Å². The lowest BCUT2D eigenvalue weighted by Gasteiger charge is -2.03. The smallest absolute Gasteiger partial charge is 0.320 e. The summed E-state index contributed by atoms with van der Waals surface area (Å²) in [4.78, 5) is 20.3. The molecule has 0 heterocycles. The van der Waals surface area contributed by atoms with Crippen LogP contribution in [0.5, 0.6) is 0 Å². The van der Waals surface area contributed by atoms with Gasteiger partial charge >= 0.3 is 11.9 Å². The second-order valence-corrected chi connectivity index (χ2v) is 4.46. The monoisotopic (exact) mass is 332 g/mol. The van der Waals surface area contributed by atoms with Crippen molar-refractivity contribution in [1.29, 1.82) is 0 Å². The number of hydrogen-bond donors (Lipinski definition) is 6. The Morgan fingerprint density at radius 3 is 1.18 bits per heavy atom. The van der Waals surface area contributed by atoms with E-state index < -0.39 is 24.0 Å². The Hall–Kier alpha value is -1.36. The second kappa shape index (κ2) is 19.6. The van der Waals surface area contributed by atoms with E-state index in [0.717, 1.165) is 25.7 Å². The zero-order valence-electron chi connectivity index (χ0n) is 12.6. The minimum Gasteiger partial charge on any atom is -0.480 e. The molecule has 0 saturated heterocycles. The van der Waals surface area contributed by atoms with E-state index in [9.17, 15) is 9.59 Å². The molecule has 0 rings (SSSR count). The fraction of sp³-hybridized carbons (Fsp3) is 0.833. The lowest BCUT2D eigenvalue weighted by molar-refractivity contribution is -0.139. The Morgan fingerprint density at radius 1 is 0.727 bits per heavy atom. The van der Waals surface area contributed by atoms with Gasteiger partial charge in [-0.15, -0.1) is 0 Å². The van der Waals surface area contributed by atoms with Gasteiger partial charge in [0.1, 0.15) is 12.1 Å². The van der Waals surface area contributed by atoms with Gasteiger partial charge in [-0.05, 0) is 38.8 Å². The van der Waals surface area contributed by atoms with Crippen molar-refractivity contribution in [3.8, 4) is 0 Å². The summed E-state index contributed by atoms with van der Waals surface area (Å²) in [5.74, 6) is -1.87. The van der Waals surface area contributed by atoms with Gasteiger partial charge in [0.2, 0.25) is 0 Å². The maximum Gasteiger partial charge on any atom is 0.320 e. The molecule has 10 heteroatoms. The summed E-state index contributed by atoms with van der Waals surface area (Å²) in [5, 5.41) is 16.7. The first-order chi connectivity index (χ1) is 9.36. The number of aliphatic carboxylic acids is 2. The molecule has 0 radical (unpaired) electrons. The van der Waals surface area contributed by atoms with Gasteiger partial charge in [-0.25, -0.2) is 0 Å². The van der Waals surface area contributed by atoms with E-state index in [4.69, 9.17) is 33.1 Å². The van der Waals surface area contributed by atoms with E-state index in [1.54, 1.807) is 0 Å². The van der Waals surface area contributed by atoms with E-state index in [1.807, 2.05) is 0 Å². The summed E-state index contributed by atoms with van der Waals surface area (Å²) in [6.07, 6.45) is 4.33. The number of carboxylic acid groups (broad SMARTS) is 2. The van der Waals surface area contributed by atoms with Gasteiger partial charge in [-0.2, -0.15) is 0 Å². The molecule has 0 aromatic carbocycles. The van der Waals surface area contributed by atoms with Crippen molar-refractivity contribution >= 4 is 11.9 Å². The van der Waals surface area contributed by atoms with Gasteiger partial charge in [-0.1, -0.05) is 12.8 Å². The van der Waals surface area contributed by atoms with Gasteiger partial charge < -0.3 is 33.1 Å². The maximum absolute atomic E-state index is 10.1. The molecule has 0 bridgehead atoms. The molecule has 10 N–H and O–H groups in total. The lowest BCUT2D eigenvalue weighted by atomic mass is 10.1. The molecule has 0 aliphatic carbocycles. The summed E-state index contributed by atoms with van der Waals surface area (Å²) in [6, 6.07) is -1.43. The maximum atomic E-state index is 10.1. The molecular weight excluding hydrogens is 302 g/mol. The minimum absolute atomic E-state index is 0. The van der Waals surface area contributed by atoms with Crippen LogP contribution in [-0.4, -0.2) is 47.3 Å². The highest BCUT2D eigenvalue weighted by Gasteiger charge is 2.09. The Balaban J connectivity index is -0.000000135. The number of unbranched alkanes of at least 4 members (excludes halogenated alkanes) is 2. The molecular formula is C12H30F2N4O4. The zero-order chi connectivity index (χ0) is 16.0. The standard InChI is InChI=1S/2C6H14N2O2.2FH/c2*7-4-2-1-3-5(8)6(9)10;;/h2*5H,1-4,7-8H2,(H,9,10);2*1H. The minimum atomic E-state index is -0.933. The number of carbonyl (C=O) groups is 2. The molecule has 136 valence electrons. The molecule has 0 aliphatic rings. The second-order valence-electron chi connectivity index (χ2n) is 4.46. The summed E-state index contributed by atoms with van der Waals surface area (Å²) in [5.41, 5.74) is 20.8. The van der Waals surface area contributed by atoms with E-state index in [1.165, 1.54) is 0 Å². The van der Waals surface area contributed by atoms with Crippen molar-refractivity contribution in [3.05, 3.63) is 0 Å². The number of carboxylic acids is 2. The lowest BCUT2D eigenvalue weighted by Crippen LogP contribution is -2.29. The van der Waals surface area contributed by atoms with Gasteiger partial charge in [0, 0.05) is 0 Å². The van der Waals surface area contributed by atoms with Gasteiger partial charge in [-0.3, -0.25) is 19.0 Å². The molecule has 0 fully saturated rings. The number of nitrogens with two attached hydrogens (primary N) is 4. The molecule has 0 aliphatic heterocycles. The number of halogens is 2. The first-order valence-corrected chi connectivity index (χ1v) is 6.73. The van der Waals surface area contributed by atoms with Crippen LogP contribution in [0.3, 0.4) is 0 Å². The highest BCUT2D eigenvalue weighted by molar-refractivity contribution is 5.73. The van der Waals surface area contributed by atoms with Crippen LogP contribution < -0.4 is 22.9 Å². The van der Waals surface area contributed by atoms with E-state index in [2.05, 4.69) is 0 Å². The molecule has 22 heavy (non-hydrogen) atoms. The first-order valence-electron chi connectivity index (χ1n) is 6.73. The molecule has 8 nitrogen and oxygen atoms in total. The number of hydrogen-bond acceptors (Lipinski definition) is 6. The molecule has 0 aromatic heterocycles. The average molecular weight is 332 g/mol. The fourth-order valence-electron chi connectivity index (χ4n) is 1.26. The quantitative estimate of drug-likeness (QED) is 0.286. The van der Waals surface area contributed by atoms with Crippen LogP contribution in [0.25, 0.3) is 0 Å². The van der Waals surface area contributed by atoms with Crippen LogP contribution in [0.1, 0.15) is 38.5 Å². The topological polar surface area (TPSA) is 179 Å². The van der Waals surface area contributed by atoms with Crippen LogP contribution in [0, 0.1) is 0 Å². The highest BCUT2D eigenvalue weighted by Crippen LogP contribution is 1.97. The van der Waals surface area contributed by atoms with E-state index >= 15 is 0 Å². The van der Waals surface area contributed by atoms with Crippen LogP contribution in [-0.2, 0) is 9.59 Å². The average Bonchev–Trinajstić information content (AvgIpc) is 2.39. The summed E-state index contributed by atoms with van der Waals surface area (Å²) < 4.78 is 0. The van der Waals surface area contributed by atoms with Crippen molar-refractivity contribution in [2.75, 3.05) is 13.1 Å². The van der Waals surface area contributed by atoms with E-state index in [0.29, 0.717) is 25.9 Å². The summed E-state index contributed by atoms with van der Waals surface area (Å²) in [6.45, 7) is 1.21. The Morgan fingerprint density at radius 2 is 1.00 bits per heavy atom. The highest BCUT2D eigenvalue weighted by atomic mass is 19.0. The molecule has 2 atom stereocenters.